The number of thioether (sulfide) groups is 2. The fraction of sp³-hybridized carbons (Fsp3) is 0.412. The van der Waals surface area contributed by atoms with Crippen LogP contribution in [0.15, 0.2) is 33.5 Å². The van der Waals surface area contributed by atoms with Crippen LogP contribution in [0.2, 0.25) is 0 Å². The molecule has 0 saturated heterocycles. The summed E-state index contributed by atoms with van der Waals surface area (Å²) in [5.74, 6) is -2.81. The minimum Gasteiger partial charge on any atom is -0.324 e. The number of amides is 2. The number of para-hydroxylation sites is 1. The molecule has 0 unspecified atom stereocenters. The molecule has 0 spiro atoms. The molecule has 1 aromatic heterocycles. The number of anilines is 2. The third-order valence-electron chi connectivity index (χ3n) is 3.79. The van der Waals surface area contributed by atoms with E-state index in [4.69, 9.17) is 0 Å². The lowest BCUT2D eigenvalue weighted by Crippen LogP contribution is -2.32. The van der Waals surface area contributed by atoms with Crippen LogP contribution in [0.3, 0.4) is 0 Å². The highest BCUT2D eigenvalue weighted by molar-refractivity contribution is 8.01. The molecular formula is C17H18F2N4O2S3. The Hall–Kier alpha value is -1.72. The Bertz CT molecular complexity index is 845. The third kappa shape index (κ3) is 5.65. The Morgan fingerprint density at radius 1 is 1.32 bits per heavy atom. The fourth-order valence-electron chi connectivity index (χ4n) is 2.41. The lowest BCUT2D eigenvalue weighted by atomic mass is 10.3. The van der Waals surface area contributed by atoms with E-state index in [1.54, 1.807) is 23.1 Å². The van der Waals surface area contributed by atoms with E-state index in [0.29, 0.717) is 38.2 Å². The smallest absolute Gasteiger partial charge is 0.288 e. The number of hydrogen-bond acceptors (Lipinski definition) is 7. The molecule has 28 heavy (non-hydrogen) atoms. The number of halogens is 2. The molecule has 1 aliphatic rings. The summed E-state index contributed by atoms with van der Waals surface area (Å²) in [6.45, 7) is 1.81. The van der Waals surface area contributed by atoms with Crippen LogP contribution in [-0.4, -0.2) is 39.6 Å². The number of rotatable bonds is 9. The zero-order valence-corrected chi connectivity index (χ0v) is 17.4. The highest BCUT2D eigenvalue weighted by Crippen LogP contribution is 2.36. The van der Waals surface area contributed by atoms with Crippen LogP contribution in [0.25, 0.3) is 0 Å². The van der Waals surface area contributed by atoms with Gasteiger partial charge in [0.25, 0.3) is 5.76 Å². The van der Waals surface area contributed by atoms with E-state index in [2.05, 4.69) is 15.5 Å². The summed E-state index contributed by atoms with van der Waals surface area (Å²) in [6, 6.07) is 6.63. The SMILES string of the molecule is CCC(=O)N(c1nnc(SCC(=O)Nc2ccccc2SC(F)F)s1)C1CC1. The van der Waals surface area contributed by atoms with Gasteiger partial charge < -0.3 is 5.32 Å². The maximum atomic E-state index is 12.6. The molecule has 2 amide bonds. The van der Waals surface area contributed by atoms with Crippen molar-refractivity contribution >= 4 is 57.5 Å². The Kier molecular flexibility index (Phi) is 7.24. The minimum atomic E-state index is -2.56. The molecule has 1 heterocycles. The second kappa shape index (κ2) is 9.66. The number of carbonyl (C=O) groups is 2. The lowest BCUT2D eigenvalue weighted by Gasteiger charge is -2.17. The van der Waals surface area contributed by atoms with Crippen molar-refractivity contribution in [2.75, 3.05) is 16.0 Å². The zero-order chi connectivity index (χ0) is 20.1. The average Bonchev–Trinajstić information content (AvgIpc) is 3.38. The number of carbonyl (C=O) groups excluding carboxylic acids is 2. The Morgan fingerprint density at radius 2 is 2.07 bits per heavy atom. The summed E-state index contributed by atoms with van der Waals surface area (Å²) in [5, 5.41) is 11.3. The number of benzene rings is 1. The van der Waals surface area contributed by atoms with Gasteiger partial charge in [-0.25, -0.2) is 0 Å². The molecule has 6 nitrogen and oxygen atoms in total. The first-order valence-electron chi connectivity index (χ1n) is 8.60. The van der Waals surface area contributed by atoms with E-state index in [1.165, 1.54) is 29.2 Å². The number of nitrogens with one attached hydrogen (secondary N) is 1. The molecule has 0 atom stereocenters. The molecule has 11 heteroatoms. The molecule has 1 saturated carbocycles. The maximum Gasteiger partial charge on any atom is 0.288 e. The van der Waals surface area contributed by atoms with Gasteiger partial charge in [-0.3, -0.25) is 14.5 Å². The fourth-order valence-corrected chi connectivity index (χ4v) is 4.74. The van der Waals surface area contributed by atoms with Crippen LogP contribution in [0, 0.1) is 0 Å². The molecule has 1 aliphatic carbocycles. The summed E-state index contributed by atoms with van der Waals surface area (Å²) in [6.07, 6.45) is 2.33. The standard InChI is InChI=1S/C17H18F2N4O2S3/c1-2-14(25)23(10-7-8-10)16-21-22-17(28-16)26-9-13(24)20-11-5-3-4-6-12(11)27-15(18)19/h3-6,10,15H,2,7-9H2,1H3,(H,20,24). The first-order valence-corrected chi connectivity index (χ1v) is 11.3. The van der Waals surface area contributed by atoms with Crippen LogP contribution < -0.4 is 10.2 Å². The van der Waals surface area contributed by atoms with Gasteiger partial charge in [0.2, 0.25) is 16.9 Å². The van der Waals surface area contributed by atoms with Crippen molar-refractivity contribution in [2.24, 2.45) is 0 Å². The molecule has 0 radical (unpaired) electrons. The van der Waals surface area contributed by atoms with Crippen molar-refractivity contribution < 1.29 is 18.4 Å². The summed E-state index contributed by atoms with van der Waals surface area (Å²) in [5.41, 5.74) is 0.352. The van der Waals surface area contributed by atoms with E-state index in [0.717, 1.165) is 12.8 Å². The zero-order valence-electron chi connectivity index (χ0n) is 14.9. The van der Waals surface area contributed by atoms with Gasteiger partial charge in [0.1, 0.15) is 0 Å². The van der Waals surface area contributed by atoms with Crippen LogP contribution in [-0.2, 0) is 9.59 Å². The predicted molar refractivity (Wildman–Crippen MR) is 108 cm³/mol. The number of aromatic nitrogens is 2. The molecule has 3 rings (SSSR count). The third-order valence-corrected chi connectivity index (χ3v) is 6.63. The van der Waals surface area contributed by atoms with Crippen molar-refractivity contribution in [3.05, 3.63) is 24.3 Å². The molecule has 1 aromatic carbocycles. The molecule has 0 bridgehead atoms. The van der Waals surface area contributed by atoms with Gasteiger partial charge in [-0.15, -0.1) is 10.2 Å². The van der Waals surface area contributed by atoms with Crippen LogP contribution in [0.1, 0.15) is 26.2 Å². The van der Waals surface area contributed by atoms with E-state index < -0.39 is 5.76 Å². The first-order chi connectivity index (χ1) is 13.5. The van der Waals surface area contributed by atoms with Crippen molar-refractivity contribution in [1.29, 1.82) is 0 Å². The van der Waals surface area contributed by atoms with Crippen molar-refractivity contribution in [3.8, 4) is 0 Å². The summed E-state index contributed by atoms with van der Waals surface area (Å²) >= 11 is 2.86. The van der Waals surface area contributed by atoms with Gasteiger partial charge in [0.05, 0.1) is 11.4 Å². The van der Waals surface area contributed by atoms with E-state index >= 15 is 0 Å². The van der Waals surface area contributed by atoms with Crippen LogP contribution in [0.5, 0.6) is 0 Å². The quantitative estimate of drug-likeness (QED) is 0.454. The summed E-state index contributed by atoms with van der Waals surface area (Å²) in [4.78, 5) is 26.3. The minimum absolute atomic E-state index is 0.0149. The normalized spacial score (nSPS) is 13.6. The Morgan fingerprint density at radius 3 is 2.75 bits per heavy atom. The molecule has 0 aliphatic heterocycles. The number of nitrogens with zero attached hydrogens (tertiary/aromatic N) is 3. The van der Waals surface area contributed by atoms with Gasteiger partial charge in [-0.2, -0.15) is 8.78 Å². The molecule has 2 aromatic rings. The van der Waals surface area contributed by atoms with E-state index in [-0.39, 0.29) is 23.6 Å². The number of alkyl halides is 2. The molecular weight excluding hydrogens is 426 g/mol. The van der Waals surface area contributed by atoms with E-state index in [1.807, 2.05) is 6.92 Å². The monoisotopic (exact) mass is 444 g/mol. The number of hydrogen-bond donors (Lipinski definition) is 1. The predicted octanol–water partition coefficient (Wildman–Crippen LogP) is 4.49. The molecule has 1 N–H and O–H groups in total. The largest absolute Gasteiger partial charge is 0.324 e. The second-order valence-electron chi connectivity index (χ2n) is 5.91. The first kappa shape index (κ1) is 21.0. The van der Waals surface area contributed by atoms with Crippen LogP contribution >= 0.6 is 34.9 Å². The highest BCUT2D eigenvalue weighted by Gasteiger charge is 2.35. The van der Waals surface area contributed by atoms with Gasteiger partial charge in [-0.1, -0.05) is 53.9 Å². The van der Waals surface area contributed by atoms with Gasteiger partial charge in [0.15, 0.2) is 4.34 Å². The Balaban J connectivity index is 1.57. The topological polar surface area (TPSA) is 75.2 Å². The maximum absolute atomic E-state index is 12.6. The second-order valence-corrected chi connectivity index (χ2v) is 9.12. The lowest BCUT2D eigenvalue weighted by molar-refractivity contribution is -0.118. The van der Waals surface area contributed by atoms with E-state index in [9.17, 15) is 18.4 Å². The Labute approximate surface area is 173 Å². The van der Waals surface area contributed by atoms with Gasteiger partial charge in [-0.05, 0) is 25.0 Å². The van der Waals surface area contributed by atoms with Crippen molar-refractivity contribution in [1.82, 2.24) is 10.2 Å². The summed E-state index contributed by atoms with van der Waals surface area (Å²) in [7, 11) is 0. The van der Waals surface area contributed by atoms with Crippen molar-refractivity contribution in [2.45, 2.75) is 47.2 Å². The van der Waals surface area contributed by atoms with Crippen LogP contribution in [0.4, 0.5) is 19.6 Å². The highest BCUT2D eigenvalue weighted by atomic mass is 32.2. The summed E-state index contributed by atoms with van der Waals surface area (Å²) < 4.78 is 25.8. The molecule has 150 valence electrons. The molecule has 1 fully saturated rings. The van der Waals surface area contributed by atoms with Gasteiger partial charge >= 0.3 is 0 Å². The van der Waals surface area contributed by atoms with Gasteiger partial charge in [0, 0.05) is 17.4 Å². The average molecular weight is 445 g/mol. The van der Waals surface area contributed by atoms with Crippen molar-refractivity contribution in [3.63, 3.8) is 0 Å².